The van der Waals surface area contributed by atoms with Gasteiger partial charge in [-0.05, 0) is 38.4 Å². The van der Waals surface area contributed by atoms with Crippen LogP contribution in [0.25, 0.3) is 0 Å². The van der Waals surface area contributed by atoms with Gasteiger partial charge in [0.15, 0.2) is 0 Å². The molecule has 1 aromatic heterocycles. The van der Waals surface area contributed by atoms with Gasteiger partial charge >= 0.3 is 0 Å². The quantitative estimate of drug-likeness (QED) is 0.471. The SMILES string of the molecule is O=C1CC[C@@]([SiH3])(Nc2ccn(C3CCNCC3)c(=O)c2)C(=O)N1. The summed E-state index contributed by atoms with van der Waals surface area (Å²) in [6, 6.07) is 3.62. The molecule has 2 fully saturated rings. The highest BCUT2D eigenvalue weighted by atomic mass is 28.1. The molecule has 0 radical (unpaired) electrons. The van der Waals surface area contributed by atoms with E-state index in [0.717, 1.165) is 25.9 Å². The topological polar surface area (TPSA) is 92.2 Å². The smallest absolute Gasteiger partial charge is 0.252 e. The molecule has 2 saturated heterocycles. The maximum atomic E-state index is 12.4. The minimum absolute atomic E-state index is 0.0561. The Bertz CT molecular complexity index is 684. The molecule has 2 aliphatic heterocycles. The van der Waals surface area contributed by atoms with Crippen molar-refractivity contribution in [3.05, 3.63) is 28.7 Å². The maximum absolute atomic E-state index is 12.4. The standard InChI is InChI=1S/C15H22N4O3Si/c20-12-1-5-15(23,14(22)17-12)18-10-4-8-19(13(21)9-10)11-2-6-16-7-3-11/h4,8-9,11,16,18H,1-3,5-7H2,23H3,(H,17,20,22)/t15-/m0/s1. The van der Waals surface area contributed by atoms with Crippen LogP contribution < -0.4 is 21.5 Å². The van der Waals surface area contributed by atoms with E-state index in [-0.39, 0.29) is 23.4 Å². The van der Waals surface area contributed by atoms with E-state index in [0.29, 0.717) is 28.8 Å². The lowest BCUT2D eigenvalue weighted by atomic mass is 10.0. The molecule has 0 aliphatic carbocycles. The van der Waals surface area contributed by atoms with Crippen molar-refractivity contribution in [3.8, 4) is 0 Å². The first kappa shape index (κ1) is 15.9. The molecule has 7 nitrogen and oxygen atoms in total. The number of anilines is 1. The molecule has 3 rings (SSSR count). The van der Waals surface area contributed by atoms with Gasteiger partial charge in [0.1, 0.15) is 0 Å². The Hall–Kier alpha value is -1.93. The third-order valence-corrected chi connectivity index (χ3v) is 5.88. The molecule has 0 spiro atoms. The van der Waals surface area contributed by atoms with E-state index in [2.05, 4.69) is 16.0 Å². The molecule has 0 saturated carbocycles. The molecular weight excluding hydrogens is 312 g/mol. The zero-order chi connectivity index (χ0) is 16.4. The molecule has 23 heavy (non-hydrogen) atoms. The Morgan fingerprint density at radius 2 is 2.00 bits per heavy atom. The number of rotatable bonds is 3. The first-order valence-corrected chi connectivity index (χ1v) is 9.03. The van der Waals surface area contributed by atoms with Crippen molar-refractivity contribution in [2.24, 2.45) is 0 Å². The molecule has 0 bridgehead atoms. The van der Waals surface area contributed by atoms with Crippen LogP contribution in [0.15, 0.2) is 23.1 Å². The molecule has 8 heteroatoms. The summed E-state index contributed by atoms with van der Waals surface area (Å²) in [5, 5.41) is 8.10. The van der Waals surface area contributed by atoms with Crippen LogP contribution in [0.5, 0.6) is 0 Å². The minimum Gasteiger partial charge on any atom is -0.374 e. The monoisotopic (exact) mass is 334 g/mol. The van der Waals surface area contributed by atoms with E-state index in [1.165, 1.54) is 0 Å². The van der Waals surface area contributed by atoms with Gasteiger partial charge in [0.25, 0.3) is 5.56 Å². The number of hydrogen-bond acceptors (Lipinski definition) is 5. The van der Waals surface area contributed by atoms with Gasteiger partial charge in [-0.3, -0.25) is 19.7 Å². The molecular formula is C15H22N4O3Si. The van der Waals surface area contributed by atoms with Crippen LogP contribution in [0.4, 0.5) is 5.69 Å². The number of pyridine rings is 1. The predicted octanol–water partition coefficient (Wildman–Crippen LogP) is -1.32. The van der Waals surface area contributed by atoms with Crippen LogP contribution in [-0.4, -0.2) is 44.9 Å². The first-order chi connectivity index (χ1) is 11.0. The lowest BCUT2D eigenvalue weighted by Gasteiger charge is -2.33. The van der Waals surface area contributed by atoms with E-state index in [1.807, 2.05) is 6.07 Å². The number of imide groups is 1. The van der Waals surface area contributed by atoms with Crippen LogP contribution in [-0.2, 0) is 9.59 Å². The summed E-state index contributed by atoms with van der Waals surface area (Å²) < 4.78 is 1.77. The van der Waals surface area contributed by atoms with Crippen molar-refractivity contribution >= 4 is 27.7 Å². The number of hydrogen-bond donors (Lipinski definition) is 3. The van der Waals surface area contributed by atoms with Crippen LogP contribution in [0.3, 0.4) is 0 Å². The molecule has 0 aromatic carbocycles. The van der Waals surface area contributed by atoms with Gasteiger partial charge in [-0.15, -0.1) is 0 Å². The summed E-state index contributed by atoms with van der Waals surface area (Å²) in [7, 11) is 0.551. The first-order valence-electron chi connectivity index (χ1n) is 8.03. The van der Waals surface area contributed by atoms with E-state index in [1.54, 1.807) is 16.8 Å². The number of amides is 2. The van der Waals surface area contributed by atoms with E-state index in [4.69, 9.17) is 0 Å². The summed E-state index contributed by atoms with van der Waals surface area (Å²) in [6.45, 7) is 1.85. The lowest BCUT2D eigenvalue weighted by molar-refractivity contribution is -0.134. The van der Waals surface area contributed by atoms with Gasteiger partial charge in [-0.25, -0.2) is 0 Å². The summed E-state index contributed by atoms with van der Waals surface area (Å²) in [5.41, 5.74) is 0.583. The molecule has 1 atom stereocenters. The number of nitrogens with one attached hydrogen (secondary N) is 3. The number of carbonyl (C=O) groups excluding carboxylic acids is 2. The number of carbonyl (C=O) groups is 2. The average molecular weight is 334 g/mol. The van der Waals surface area contributed by atoms with E-state index < -0.39 is 5.16 Å². The molecule has 3 heterocycles. The summed E-state index contributed by atoms with van der Waals surface area (Å²) in [4.78, 5) is 35.7. The van der Waals surface area contributed by atoms with Gasteiger partial charge in [-0.1, -0.05) is 0 Å². The fraction of sp³-hybridized carbons (Fsp3) is 0.533. The third kappa shape index (κ3) is 3.37. The second-order valence-electron chi connectivity index (χ2n) is 6.48. The molecule has 3 N–H and O–H groups in total. The van der Waals surface area contributed by atoms with Gasteiger partial charge in [-0.2, -0.15) is 0 Å². The molecule has 124 valence electrons. The van der Waals surface area contributed by atoms with Crippen molar-refractivity contribution in [3.63, 3.8) is 0 Å². The van der Waals surface area contributed by atoms with Crippen molar-refractivity contribution in [2.45, 2.75) is 36.9 Å². The average Bonchev–Trinajstić information content (AvgIpc) is 2.53. The summed E-state index contributed by atoms with van der Waals surface area (Å²) in [6.07, 6.45) is 4.50. The Morgan fingerprint density at radius 3 is 2.65 bits per heavy atom. The van der Waals surface area contributed by atoms with Gasteiger partial charge in [0.05, 0.1) is 5.16 Å². The molecule has 2 amide bonds. The minimum atomic E-state index is -0.735. The Balaban J connectivity index is 1.76. The van der Waals surface area contributed by atoms with E-state index >= 15 is 0 Å². The molecule has 2 aliphatic rings. The predicted molar refractivity (Wildman–Crippen MR) is 90.5 cm³/mol. The molecule has 0 unspecified atom stereocenters. The Morgan fingerprint density at radius 1 is 1.26 bits per heavy atom. The van der Waals surface area contributed by atoms with Gasteiger partial charge in [0.2, 0.25) is 11.8 Å². The van der Waals surface area contributed by atoms with Crippen molar-refractivity contribution in [1.29, 1.82) is 0 Å². The Labute approximate surface area is 137 Å². The maximum Gasteiger partial charge on any atom is 0.252 e. The second kappa shape index (κ2) is 6.29. The largest absolute Gasteiger partial charge is 0.374 e. The fourth-order valence-electron chi connectivity index (χ4n) is 3.20. The van der Waals surface area contributed by atoms with Crippen LogP contribution in [0, 0.1) is 0 Å². The Kier molecular flexibility index (Phi) is 4.36. The third-order valence-electron chi connectivity index (χ3n) is 4.68. The number of aromatic nitrogens is 1. The number of nitrogens with zero attached hydrogens (tertiary/aromatic N) is 1. The molecule has 1 aromatic rings. The number of piperidine rings is 2. The highest BCUT2D eigenvalue weighted by molar-refractivity contribution is 6.32. The van der Waals surface area contributed by atoms with Gasteiger partial charge in [0, 0.05) is 40.7 Å². The second-order valence-corrected chi connectivity index (χ2v) is 8.18. The summed E-state index contributed by atoms with van der Waals surface area (Å²) in [5.74, 6) is -0.521. The lowest BCUT2D eigenvalue weighted by Crippen LogP contribution is -2.58. The summed E-state index contributed by atoms with van der Waals surface area (Å²) >= 11 is 0. The zero-order valence-electron chi connectivity index (χ0n) is 13.2. The fourth-order valence-corrected chi connectivity index (χ4v) is 3.86. The van der Waals surface area contributed by atoms with Crippen molar-refractivity contribution in [2.75, 3.05) is 18.4 Å². The normalized spacial score (nSPS) is 26.1. The zero-order valence-corrected chi connectivity index (χ0v) is 15.2. The van der Waals surface area contributed by atoms with E-state index in [9.17, 15) is 14.4 Å². The van der Waals surface area contributed by atoms with Crippen LogP contribution in [0.1, 0.15) is 31.7 Å². The van der Waals surface area contributed by atoms with Crippen LogP contribution in [0.2, 0.25) is 0 Å². The van der Waals surface area contributed by atoms with Crippen molar-refractivity contribution < 1.29 is 9.59 Å². The van der Waals surface area contributed by atoms with Crippen LogP contribution >= 0.6 is 0 Å². The van der Waals surface area contributed by atoms with Crippen molar-refractivity contribution in [1.82, 2.24) is 15.2 Å². The highest BCUT2D eigenvalue weighted by Gasteiger charge is 2.38. The highest BCUT2D eigenvalue weighted by Crippen LogP contribution is 2.21. The van der Waals surface area contributed by atoms with Gasteiger partial charge < -0.3 is 15.2 Å².